The van der Waals surface area contributed by atoms with E-state index >= 15 is 0 Å². The van der Waals surface area contributed by atoms with Crippen LogP contribution in [-0.2, 0) is 19.1 Å². The van der Waals surface area contributed by atoms with Crippen LogP contribution in [-0.4, -0.2) is 40.1 Å². The lowest BCUT2D eigenvalue weighted by Crippen LogP contribution is -2.68. The number of fused-ring (bicyclic) bond motifs is 7. The Morgan fingerprint density at radius 3 is 2.25 bits per heavy atom. The van der Waals surface area contributed by atoms with Crippen molar-refractivity contribution in [1.29, 1.82) is 0 Å². The van der Waals surface area contributed by atoms with Crippen molar-refractivity contribution in [1.82, 2.24) is 9.55 Å². The maximum atomic E-state index is 14.3. The molecular formula is C37H54N2O5. The first-order valence-electron chi connectivity index (χ1n) is 17.1. The number of imidazole rings is 1. The van der Waals surface area contributed by atoms with Gasteiger partial charge in [0.25, 0.3) is 0 Å². The molecule has 1 aromatic rings. The topological polar surface area (TPSA) is 87.5 Å². The second-order valence-corrected chi connectivity index (χ2v) is 16.5. The molecule has 5 saturated carbocycles. The van der Waals surface area contributed by atoms with Crippen LogP contribution in [0.1, 0.15) is 117 Å². The fourth-order valence-corrected chi connectivity index (χ4v) is 12.8. The highest BCUT2D eigenvalue weighted by atomic mass is 16.6. The lowest BCUT2D eigenvalue weighted by molar-refractivity contribution is -0.255. The molecule has 44 heavy (non-hydrogen) atoms. The van der Waals surface area contributed by atoms with Gasteiger partial charge in [-0.05, 0) is 117 Å². The highest BCUT2D eigenvalue weighted by Gasteiger charge is 2.72. The maximum Gasteiger partial charge on any atom is 0.302 e. The van der Waals surface area contributed by atoms with E-state index in [9.17, 15) is 14.4 Å². The Kier molecular flexibility index (Phi) is 7.56. The van der Waals surface area contributed by atoms with Gasteiger partial charge in [0.05, 0.1) is 5.41 Å². The fourth-order valence-electron chi connectivity index (χ4n) is 12.8. The van der Waals surface area contributed by atoms with E-state index in [1.165, 1.54) is 19.4 Å². The molecule has 0 N–H and O–H groups in total. The first kappa shape index (κ1) is 31.5. The number of carbonyl (C=O) groups excluding carboxylic acids is 3. The average Bonchev–Trinajstić information content (AvgIpc) is 3.63. The van der Waals surface area contributed by atoms with E-state index in [-0.39, 0.29) is 58.1 Å². The first-order chi connectivity index (χ1) is 20.6. The zero-order valence-corrected chi connectivity index (χ0v) is 28.1. The van der Waals surface area contributed by atoms with Crippen LogP contribution < -0.4 is 0 Å². The third-order valence-electron chi connectivity index (χ3n) is 14.9. The van der Waals surface area contributed by atoms with Crippen molar-refractivity contribution in [3.05, 3.63) is 30.9 Å². The van der Waals surface area contributed by atoms with Gasteiger partial charge in [0.15, 0.2) is 0 Å². The number of rotatable bonds is 5. The lowest BCUT2D eigenvalue weighted by Gasteiger charge is -2.73. The molecule has 5 fully saturated rings. The Hall–Kier alpha value is -2.44. The van der Waals surface area contributed by atoms with E-state index in [1.807, 2.05) is 6.20 Å². The molecule has 7 heteroatoms. The van der Waals surface area contributed by atoms with Crippen LogP contribution in [0.2, 0.25) is 0 Å². The van der Waals surface area contributed by atoms with E-state index < -0.39 is 5.41 Å². The molecule has 1 heterocycles. The summed E-state index contributed by atoms with van der Waals surface area (Å²) >= 11 is 0. The number of nitrogens with zero attached hydrogens (tertiary/aromatic N) is 2. The maximum absolute atomic E-state index is 14.3. The number of hydrogen-bond acceptors (Lipinski definition) is 6. The second kappa shape index (κ2) is 10.6. The number of carbonyl (C=O) groups is 3. The molecule has 0 radical (unpaired) electrons. The fraction of sp³-hybridized carbons (Fsp3) is 0.784. The van der Waals surface area contributed by atoms with Crippen LogP contribution >= 0.6 is 0 Å². The first-order valence-corrected chi connectivity index (χ1v) is 17.1. The van der Waals surface area contributed by atoms with Gasteiger partial charge in [-0.15, -0.1) is 0 Å². The molecule has 0 amide bonds. The monoisotopic (exact) mass is 606 g/mol. The minimum Gasteiger partial charge on any atom is -0.465 e. The van der Waals surface area contributed by atoms with Crippen LogP contribution in [0, 0.1) is 56.7 Å². The minimum atomic E-state index is -0.432. The van der Waals surface area contributed by atoms with Gasteiger partial charge in [-0.3, -0.25) is 19.0 Å². The number of esters is 2. The third kappa shape index (κ3) is 4.26. The van der Waals surface area contributed by atoms with Gasteiger partial charge in [-0.1, -0.05) is 39.8 Å². The Balaban J connectivity index is 1.37. The largest absolute Gasteiger partial charge is 0.465 e. The van der Waals surface area contributed by atoms with E-state index in [0.717, 1.165) is 64.2 Å². The minimum absolute atomic E-state index is 0.0388. The summed E-state index contributed by atoms with van der Waals surface area (Å²) in [6, 6.07) is 0. The number of ether oxygens (including phenoxy) is 2. The SMILES string of the molecule is C=C(C)[C@@H]1CC[C@]2(C(=O)n3ccnc3)CC[C@]3(C)C(CCC4[C@@]5(C)CC[C@H](OC(C)=O)[C@@](C)(COC(C)=O)C5CC[C@]43C)C12. The van der Waals surface area contributed by atoms with Gasteiger partial charge in [-0.25, -0.2) is 4.98 Å². The van der Waals surface area contributed by atoms with E-state index in [0.29, 0.717) is 23.7 Å². The Labute approximate surface area is 263 Å². The molecule has 0 aliphatic heterocycles. The van der Waals surface area contributed by atoms with Crippen molar-refractivity contribution >= 4 is 17.8 Å². The van der Waals surface area contributed by atoms with Gasteiger partial charge < -0.3 is 9.47 Å². The predicted octanol–water partition coefficient (Wildman–Crippen LogP) is 7.66. The van der Waals surface area contributed by atoms with Crippen molar-refractivity contribution in [2.75, 3.05) is 6.61 Å². The summed E-state index contributed by atoms with van der Waals surface area (Å²) in [6.45, 7) is 19.8. The van der Waals surface area contributed by atoms with Gasteiger partial charge in [0.1, 0.15) is 19.0 Å². The summed E-state index contributed by atoms with van der Waals surface area (Å²) in [5.41, 5.74) is 0.695. The lowest BCUT2D eigenvalue weighted by atomic mass is 9.32. The summed E-state index contributed by atoms with van der Waals surface area (Å²) in [5.74, 6) is 1.60. The molecule has 0 aromatic carbocycles. The smallest absolute Gasteiger partial charge is 0.302 e. The highest BCUT2D eigenvalue weighted by Crippen LogP contribution is 2.77. The molecule has 242 valence electrons. The Morgan fingerprint density at radius 2 is 1.61 bits per heavy atom. The van der Waals surface area contributed by atoms with Gasteiger partial charge in [0, 0.05) is 31.7 Å². The van der Waals surface area contributed by atoms with Crippen molar-refractivity contribution in [2.24, 2.45) is 56.7 Å². The predicted molar refractivity (Wildman–Crippen MR) is 168 cm³/mol. The molecule has 0 spiro atoms. The highest BCUT2D eigenvalue weighted by molar-refractivity contribution is 5.86. The third-order valence-corrected chi connectivity index (χ3v) is 14.9. The van der Waals surface area contributed by atoms with Crippen LogP contribution in [0.4, 0.5) is 0 Å². The number of hydrogen-bond donors (Lipinski definition) is 0. The van der Waals surface area contributed by atoms with Crippen molar-refractivity contribution in [3.8, 4) is 0 Å². The van der Waals surface area contributed by atoms with Crippen molar-refractivity contribution < 1.29 is 23.9 Å². The molecule has 0 saturated heterocycles. The summed E-state index contributed by atoms with van der Waals surface area (Å²) in [4.78, 5) is 42.8. The average molecular weight is 607 g/mol. The van der Waals surface area contributed by atoms with Crippen LogP contribution in [0.3, 0.4) is 0 Å². The molecule has 5 aliphatic rings. The molecular weight excluding hydrogens is 552 g/mol. The van der Waals surface area contributed by atoms with Gasteiger partial charge in [0.2, 0.25) is 5.91 Å². The normalized spacial score (nSPS) is 46.1. The summed E-state index contributed by atoms with van der Waals surface area (Å²) in [6.07, 6.45) is 15.1. The molecule has 11 atom stereocenters. The number of allylic oxidation sites excluding steroid dienone is 1. The molecule has 6 rings (SSSR count). The standard InChI is InChI=1S/C37H54N2O5/c1-23(2)26-11-16-37(32(42)39-20-19-38-22-39)18-17-35(7)27(31(26)37)9-10-29-33(5)14-13-30(44-25(4)41)34(6,21-43-24(3)40)28(33)12-15-36(29,35)8/h19-20,22,26-31H,1,9-18,21H2,2-8H3/t26-,27?,28?,29?,30-,31?,33-,34-,35+,36+,37-/m0/s1. The molecule has 0 bridgehead atoms. The van der Waals surface area contributed by atoms with E-state index in [2.05, 4.69) is 46.2 Å². The Morgan fingerprint density at radius 1 is 0.864 bits per heavy atom. The van der Waals surface area contributed by atoms with Crippen molar-refractivity contribution in [2.45, 2.75) is 119 Å². The molecule has 7 nitrogen and oxygen atoms in total. The quantitative estimate of drug-likeness (QED) is 0.253. The molecule has 5 aliphatic carbocycles. The van der Waals surface area contributed by atoms with E-state index in [4.69, 9.17) is 9.47 Å². The second-order valence-electron chi connectivity index (χ2n) is 16.5. The van der Waals surface area contributed by atoms with Crippen molar-refractivity contribution in [3.63, 3.8) is 0 Å². The molecule has 4 unspecified atom stereocenters. The van der Waals surface area contributed by atoms with Crippen LogP contribution in [0.5, 0.6) is 0 Å². The van der Waals surface area contributed by atoms with Crippen LogP contribution in [0.15, 0.2) is 30.9 Å². The van der Waals surface area contributed by atoms with Gasteiger partial charge >= 0.3 is 11.9 Å². The molecule has 1 aromatic heterocycles. The zero-order chi connectivity index (χ0) is 31.9. The van der Waals surface area contributed by atoms with Gasteiger partial charge in [-0.2, -0.15) is 0 Å². The number of aromatic nitrogens is 2. The summed E-state index contributed by atoms with van der Waals surface area (Å²) < 4.78 is 13.4. The van der Waals surface area contributed by atoms with E-state index in [1.54, 1.807) is 17.1 Å². The Bertz CT molecular complexity index is 1340. The summed E-state index contributed by atoms with van der Waals surface area (Å²) in [5, 5.41) is 0. The summed E-state index contributed by atoms with van der Waals surface area (Å²) in [7, 11) is 0. The zero-order valence-electron chi connectivity index (χ0n) is 28.1. The van der Waals surface area contributed by atoms with Crippen LogP contribution in [0.25, 0.3) is 0 Å².